The summed E-state index contributed by atoms with van der Waals surface area (Å²) < 4.78 is 26.5. The van der Waals surface area contributed by atoms with Crippen LogP contribution in [0.2, 0.25) is 0 Å². The van der Waals surface area contributed by atoms with Gasteiger partial charge in [0.1, 0.15) is 12.1 Å². The van der Waals surface area contributed by atoms with Crippen LogP contribution in [-0.2, 0) is 19.2 Å². The van der Waals surface area contributed by atoms with Crippen LogP contribution in [0.5, 0.6) is 23.0 Å². The first kappa shape index (κ1) is 36.8. The van der Waals surface area contributed by atoms with Gasteiger partial charge in [-0.3, -0.25) is 33.4 Å². The summed E-state index contributed by atoms with van der Waals surface area (Å²) in [7, 11) is 5.29. The highest BCUT2D eigenvalue weighted by Crippen LogP contribution is 2.44. The SMILES string of the molecule is COc1cc2c(cc1OCC(C)(C)CC(C)(C)COc1cc3c(cc1OC)C(=O)N1CC(=O)C[C@H]1C(=O)N3I)N(P)C(=O)C1CC(=O)CN1C2=O. The van der Waals surface area contributed by atoms with Gasteiger partial charge in [-0.15, -0.1) is 0 Å². The Balaban J connectivity index is 1.16. The summed E-state index contributed by atoms with van der Waals surface area (Å²) in [5.74, 6) is -0.506. The number of methoxy groups -OCH3 is 2. The Labute approximate surface area is 311 Å². The third kappa shape index (κ3) is 6.86. The van der Waals surface area contributed by atoms with Crippen LogP contribution >= 0.6 is 32.3 Å². The Bertz CT molecular complexity index is 1730. The van der Waals surface area contributed by atoms with E-state index in [9.17, 15) is 28.8 Å². The lowest BCUT2D eigenvalue weighted by Gasteiger charge is -2.35. The van der Waals surface area contributed by atoms with Gasteiger partial charge in [0.2, 0.25) is 0 Å². The molecule has 0 aliphatic carbocycles. The maximum absolute atomic E-state index is 13.4. The van der Waals surface area contributed by atoms with Gasteiger partial charge in [0.25, 0.3) is 23.6 Å². The number of fused-ring (bicyclic) bond motifs is 4. The number of ketones is 2. The number of benzene rings is 2. The van der Waals surface area contributed by atoms with Gasteiger partial charge in [-0.05, 0) is 38.8 Å². The fourth-order valence-corrected chi connectivity index (χ4v) is 8.48. The number of rotatable bonds is 10. The topological polar surface area (TPSA) is 152 Å². The van der Waals surface area contributed by atoms with E-state index >= 15 is 0 Å². The monoisotopic (exact) mass is 834 g/mol. The summed E-state index contributed by atoms with van der Waals surface area (Å²) >= 11 is 1.86. The smallest absolute Gasteiger partial charge is 0.259 e. The van der Waals surface area contributed by atoms with Crippen LogP contribution in [0.25, 0.3) is 0 Å². The Morgan fingerprint density at radius 2 is 1.12 bits per heavy atom. The summed E-state index contributed by atoms with van der Waals surface area (Å²) in [4.78, 5) is 80.1. The van der Waals surface area contributed by atoms with Gasteiger partial charge in [-0.2, -0.15) is 0 Å². The Morgan fingerprint density at radius 3 is 1.59 bits per heavy atom. The van der Waals surface area contributed by atoms with Crippen LogP contribution in [-0.4, -0.2) is 97.6 Å². The van der Waals surface area contributed by atoms with Crippen molar-refractivity contribution in [1.29, 1.82) is 0 Å². The molecule has 2 saturated heterocycles. The van der Waals surface area contributed by atoms with Crippen LogP contribution < -0.4 is 26.7 Å². The molecular formula is C35H40IN4O10P. The fraction of sp³-hybridized carbons (Fsp3) is 0.486. The molecule has 6 rings (SSSR count). The van der Waals surface area contributed by atoms with Gasteiger partial charge in [0, 0.05) is 25.0 Å². The van der Waals surface area contributed by atoms with Gasteiger partial charge >= 0.3 is 0 Å². The van der Waals surface area contributed by atoms with E-state index in [4.69, 9.17) is 18.9 Å². The first-order chi connectivity index (χ1) is 23.9. The van der Waals surface area contributed by atoms with Crippen molar-refractivity contribution < 1.29 is 47.7 Å². The maximum Gasteiger partial charge on any atom is 0.259 e. The number of hydrogen-bond acceptors (Lipinski definition) is 10. The fourth-order valence-electron chi connectivity index (χ4n) is 7.38. The van der Waals surface area contributed by atoms with Gasteiger partial charge in [-0.25, -0.2) is 3.11 Å². The second-order valence-electron chi connectivity index (χ2n) is 14.8. The molecule has 4 aliphatic rings. The number of halogens is 1. The van der Waals surface area contributed by atoms with E-state index in [1.54, 1.807) is 24.3 Å². The predicted octanol–water partition coefficient (Wildman–Crippen LogP) is 4.00. The first-order valence-corrected chi connectivity index (χ1v) is 17.9. The van der Waals surface area contributed by atoms with Crippen molar-refractivity contribution in [2.24, 2.45) is 10.8 Å². The van der Waals surface area contributed by atoms with E-state index in [1.165, 1.54) is 31.8 Å². The number of amides is 4. The Hall–Kier alpha value is -3.98. The third-order valence-corrected chi connectivity index (χ3v) is 11.0. The highest BCUT2D eigenvalue weighted by atomic mass is 127. The third-order valence-electron chi connectivity index (χ3n) is 9.50. The molecule has 2 aromatic rings. The molecule has 14 nitrogen and oxygen atoms in total. The minimum atomic E-state index is -0.852. The van der Waals surface area contributed by atoms with Gasteiger partial charge < -0.3 is 28.7 Å². The van der Waals surface area contributed by atoms with E-state index in [0.29, 0.717) is 40.8 Å². The lowest BCUT2D eigenvalue weighted by Crippen LogP contribution is -2.41. The molecule has 2 unspecified atom stereocenters. The van der Waals surface area contributed by atoms with E-state index in [1.807, 2.05) is 22.9 Å². The van der Waals surface area contributed by atoms with Crippen molar-refractivity contribution >= 4 is 78.8 Å². The molecule has 272 valence electrons. The Kier molecular flexibility index (Phi) is 9.76. The van der Waals surface area contributed by atoms with Crippen molar-refractivity contribution in [2.75, 3.05) is 48.3 Å². The molecule has 3 atom stereocenters. The van der Waals surface area contributed by atoms with Crippen molar-refractivity contribution in [3.8, 4) is 23.0 Å². The van der Waals surface area contributed by atoms with Gasteiger partial charge in [0.05, 0.1) is 85.9 Å². The van der Waals surface area contributed by atoms with Gasteiger partial charge in [-0.1, -0.05) is 27.7 Å². The molecule has 4 amide bonds. The average molecular weight is 835 g/mol. The molecule has 16 heteroatoms. The second-order valence-corrected chi connectivity index (χ2v) is 16.3. The summed E-state index contributed by atoms with van der Waals surface area (Å²) in [5.41, 5.74) is 0.390. The standard InChI is InChI=1S/C35H40IN4O10P/c1-34(2,16-49-28-11-22-20(9-26(28)47-5)30(43)37-13-18(41)7-24(37)32(45)39(22)36)15-35(3,4)17-50-29-12-23-21(10-27(29)48-6)31(44)38-14-19(42)8-25(38)33(46)40(23)51/h9-12,24-25H,7-8,13-17,51H2,1-6H3/t24-,25?/m0/s1. The lowest BCUT2D eigenvalue weighted by molar-refractivity contribution is -0.122. The predicted molar refractivity (Wildman–Crippen MR) is 197 cm³/mol. The van der Waals surface area contributed by atoms with Crippen molar-refractivity contribution in [1.82, 2.24) is 9.80 Å². The number of ether oxygens (including phenoxy) is 4. The molecule has 0 bridgehead atoms. The highest BCUT2D eigenvalue weighted by Gasteiger charge is 2.46. The molecule has 0 saturated carbocycles. The van der Waals surface area contributed by atoms with Gasteiger partial charge in [0.15, 0.2) is 34.6 Å². The molecule has 4 heterocycles. The lowest BCUT2D eigenvalue weighted by atomic mass is 9.76. The average Bonchev–Trinajstić information content (AvgIpc) is 3.65. The largest absolute Gasteiger partial charge is 0.493 e. The molecule has 2 aromatic carbocycles. The van der Waals surface area contributed by atoms with E-state index in [-0.39, 0.29) is 73.7 Å². The maximum atomic E-state index is 13.4. The van der Waals surface area contributed by atoms with Crippen LogP contribution in [0.15, 0.2) is 24.3 Å². The number of carbonyl (C=O) groups excluding carboxylic acids is 6. The van der Waals surface area contributed by atoms with Crippen molar-refractivity contribution in [3.05, 3.63) is 35.4 Å². The van der Waals surface area contributed by atoms with Crippen molar-refractivity contribution in [2.45, 2.75) is 59.0 Å². The van der Waals surface area contributed by atoms with E-state index < -0.39 is 34.7 Å². The molecular weight excluding hydrogens is 794 g/mol. The number of nitrogens with zero attached hydrogens (tertiary/aromatic N) is 4. The number of Topliss-reactive ketones (excluding diaryl/α,β-unsaturated/α-hetero) is 2. The molecule has 0 spiro atoms. The quantitative estimate of drug-likeness (QED) is 0.195. The van der Waals surface area contributed by atoms with Crippen LogP contribution in [0.1, 0.15) is 67.7 Å². The number of hydrogen-bond donors (Lipinski definition) is 0. The summed E-state index contributed by atoms with van der Waals surface area (Å²) in [5, 5.41) is 0. The normalized spacial score (nSPS) is 20.5. The molecule has 51 heavy (non-hydrogen) atoms. The van der Waals surface area contributed by atoms with E-state index in [0.717, 1.165) is 0 Å². The zero-order valence-electron chi connectivity index (χ0n) is 29.2. The molecule has 4 aliphatic heterocycles. The summed E-state index contributed by atoms with van der Waals surface area (Å²) in [6.45, 7) is 8.50. The van der Waals surface area contributed by atoms with Crippen LogP contribution in [0.3, 0.4) is 0 Å². The molecule has 0 N–H and O–H groups in total. The Morgan fingerprint density at radius 1 is 0.686 bits per heavy atom. The zero-order valence-corrected chi connectivity index (χ0v) is 32.6. The summed E-state index contributed by atoms with van der Waals surface area (Å²) in [6, 6.07) is 4.65. The molecule has 0 radical (unpaired) electrons. The van der Waals surface area contributed by atoms with E-state index in [2.05, 4.69) is 37.1 Å². The first-order valence-electron chi connectivity index (χ1n) is 16.4. The zero-order chi connectivity index (χ0) is 37.2. The molecule has 2 fully saturated rings. The number of anilines is 2. The number of carbonyl (C=O) groups is 6. The van der Waals surface area contributed by atoms with Crippen molar-refractivity contribution in [3.63, 3.8) is 0 Å². The van der Waals surface area contributed by atoms with Crippen LogP contribution in [0, 0.1) is 10.8 Å². The minimum absolute atomic E-state index is 0.0106. The van der Waals surface area contributed by atoms with Crippen LogP contribution in [0.4, 0.5) is 11.4 Å². The second kappa shape index (κ2) is 13.5. The molecule has 0 aromatic heterocycles. The summed E-state index contributed by atoms with van der Waals surface area (Å²) in [6.07, 6.45) is 0.608. The highest BCUT2D eigenvalue weighted by molar-refractivity contribution is 14.1. The minimum Gasteiger partial charge on any atom is -0.493 e.